The zero-order valence-corrected chi connectivity index (χ0v) is 17.6. The Kier molecular flexibility index (Phi) is 6.06. The number of rotatable bonds is 7. The number of methoxy groups -OCH3 is 2. The van der Waals surface area contributed by atoms with Crippen molar-refractivity contribution in [2.45, 2.75) is 31.2 Å². The minimum absolute atomic E-state index is 0.0219. The van der Waals surface area contributed by atoms with E-state index in [1.165, 1.54) is 7.11 Å². The Hall–Kier alpha value is -3.16. The van der Waals surface area contributed by atoms with Gasteiger partial charge in [0.15, 0.2) is 6.10 Å². The van der Waals surface area contributed by atoms with E-state index in [-0.39, 0.29) is 23.9 Å². The molecule has 4 atom stereocenters. The van der Waals surface area contributed by atoms with Crippen LogP contribution in [0.5, 0.6) is 5.75 Å². The summed E-state index contributed by atoms with van der Waals surface area (Å²) in [5, 5.41) is 1.81. The number of carbonyl (C=O) groups excluding carboxylic acids is 2. The Balaban J connectivity index is 1.64. The molecular formula is C24H26N2O5. The van der Waals surface area contributed by atoms with E-state index < -0.39 is 12.1 Å². The van der Waals surface area contributed by atoms with Gasteiger partial charge in [0, 0.05) is 18.7 Å². The highest BCUT2D eigenvalue weighted by Crippen LogP contribution is 2.41. The van der Waals surface area contributed by atoms with Crippen molar-refractivity contribution in [3.63, 3.8) is 0 Å². The minimum Gasteiger partial charge on any atom is -0.497 e. The predicted molar refractivity (Wildman–Crippen MR) is 115 cm³/mol. The first-order valence-corrected chi connectivity index (χ1v) is 10.2. The van der Waals surface area contributed by atoms with E-state index in [1.807, 2.05) is 54.6 Å². The fourth-order valence-electron chi connectivity index (χ4n) is 4.35. The second-order valence-corrected chi connectivity index (χ2v) is 7.64. The van der Waals surface area contributed by atoms with Crippen molar-refractivity contribution in [3.8, 4) is 5.75 Å². The molecule has 1 amide bonds. The smallest absolute Gasteiger partial charge is 0.337 e. The van der Waals surface area contributed by atoms with Gasteiger partial charge in [-0.25, -0.2) is 4.79 Å². The topological polar surface area (TPSA) is 68.3 Å². The van der Waals surface area contributed by atoms with Crippen LogP contribution < -0.4 is 9.64 Å². The maximum atomic E-state index is 12.9. The number of carbonyl (C=O) groups is 2. The standard InChI is InChI=1S/C24H26N2O5/c1-4-19-22(26(23(19)27)17-10-12-18(29-2)13-11-17)20-14-21(24(28)30-3)31-25(20)15-16-8-6-5-7-9-16/h4-13,19-22H,1,14-15H2,2-3H3/t19-,20-,21+,22-/m1/s1. The third kappa shape index (κ3) is 3.94. The second kappa shape index (κ2) is 8.91. The lowest BCUT2D eigenvalue weighted by Gasteiger charge is -2.50. The van der Waals surface area contributed by atoms with Crippen LogP contribution in [0.4, 0.5) is 5.69 Å². The van der Waals surface area contributed by atoms with Crippen molar-refractivity contribution in [3.05, 3.63) is 72.8 Å². The molecule has 0 saturated carbocycles. The zero-order valence-electron chi connectivity index (χ0n) is 17.6. The molecule has 7 nitrogen and oxygen atoms in total. The number of hydrogen-bond acceptors (Lipinski definition) is 6. The molecule has 2 fully saturated rings. The highest BCUT2D eigenvalue weighted by molar-refractivity contribution is 6.04. The fourth-order valence-corrected chi connectivity index (χ4v) is 4.35. The van der Waals surface area contributed by atoms with E-state index in [2.05, 4.69) is 6.58 Å². The molecule has 7 heteroatoms. The van der Waals surface area contributed by atoms with Crippen molar-refractivity contribution < 1.29 is 23.9 Å². The summed E-state index contributed by atoms with van der Waals surface area (Å²) in [4.78, 5) is 32.9. The van der Waals surface area contributed by atoms with Crippen LogP contribution in [0.1, 0.15) is 12.0 Å². The predicted octanol–water partition coefficient (Wildman–Crippen LogP) is 2.96. The van der Waals surface area contributed by atoms with E-state index in [9.17, 15) is 9.59 Å². The molecule has 162 valence electrons. The molecule has 4 rings (SSSR count). The maximum absolute atomic E-state index is 12.9. The van der Waals surface area contributed by atoms with E-state index in [4.69, 9.17) is 14.3 Å². The highest BCUT2D eigenvalue weighted by Gasteiger charge is 2.55. The number of anilines is 1. The Labute approximate surface area is 181 Å². The molecule has 0 bridgehead atoms. The Morgan fingerprint density at radius 3 is 2.48 bits per heavy atom. The van der Waals surface area contributed by atoms with Crippen molar-refractivity contribution in [2.75, 3.05) is 19.1 Å². The molecule has 31 heavy (non-hydrogen) atoms. The first-order valence-electron chi connectivity index (χ1n) is 10.2. The summed E-state index contributed by atoms with van der Waals surface area (Å²) in [7, 11) is 2.95. The van der Waals surface area contributed by atoms with Gasteiger partial charge in [0.25, 0.3) is 0 Å². The van der Waals surface area contributed by atoms with Crippen LogP contribution >= 0.6 is 0 Å². The normalized spacial score (nSPS) is 25.7. The fraction of sp³-hybridized carbons (Fsp3) is 0.333. The van der Waals surface area contributed by atoms with E-state index >= 15 is 0 Å². The molecule has 2 aromatic carbocycles. The monoisotopic (exact) mass is 422 g/mol. The summed E-state index contributed by atoms with van der Waals surface area (Å²) in [5.74, 6) is -0.0803. The number of ether oxygens (including phenoxy) is 2. The van der Waals surface area contributed by atoms with Crippen LogP contribution in [-0.4, -0.2) is 49.3 Å². The molecule has 2 heterocycles. The molecule has 2 aromatic rings. The summed E-state index contributed by atoms with van der Waals surface area (Å²) >= 11 is 0. The lowest BCUT2D eigenvalue weighted by molar-refractivity contribution is -0.194. The number of nitrogens with zero attached hydrogens (tertiary/aromatic N) is 2. The van der Waals surface area contributed by atoms with E-state index in [0.717, 1.165) is 11.3 Å². The SMILES string of the molecule is C=C[C@H]1C(=O)N(c2ccc(OC)cc2)[C@H]1[C@H]1C[C@@H](C(=O)OC)ON1Cc1ccccc1. The van der Waals surface area contributed by atoms with Crippen LogP contribution in [0, 0.1) is 5.92 Å². The first kappa shape index (κ1) is 21.1. The van der Waals surface area contributed by atoms with Gasteiger partial charge in [-0.1, -0.05) is 36.4 Å². The van der Waals surface area contributed by atoms with Crippen LogP contribution in [0.15, 0.2) is 67.3 Å². The summed E-state index contributed by atoms with van der Waals surface area (Å²) in [6.07, 6.45) is 1.39. The van der Waals surface area contributed by atoms with Gasteiger partial charge in [0.05, 0.1) is 32.2 Å². The lowest BCUT2D eigenvalue weighted by atomic mass is 9.80. The zero-order chi connectivity index (χ0) is 22.0. The molecular weight excluding hydrogens is 396 g/mol. The summed E-state index contributed by atoms with van der Waals surface area (Å²) in [5.41, 5.74) is 1.82. The third-order valence-corrected chi connectivity index (χ3v) is 5.92. The van der Waals surface area contributed by atoms with Gasteiger partial charge in [0.2, 0.25) is 5.91 Å². The molecule has 2 aliphatic rings. The number of esters is 1. The molecule has 0 aromatic heterocycles. The summed E-state index contributed by atoms with van der Waals surface area (Å²) in [6, 6.07) is 16.8. The van der Waals surface area contributed by atoms with E-state index in [1.54, 1.807) is 23.1 Å². The van der Waals surface area contributed by atoms with Crippen molar-refractivity contribution >= 4 is 17.6 Å². The van der Waals surface area contributed by atoms with Crippen molar-refractivity contribution in [2.24, 2.45) is 5.92 Å². The third-order valence-electron chi connectivity index (χ3n) is 5.92. The summed E-state index contributed by atoms with van der Waals surface area (Å²) in [6.45, 7) is 4.36. The van der Waals surface area contributed by atoms with Gasteiger partial charge in [0.1, 0.15) is 5.75 Å². The number of β-lactam (4-membered cyclic amide) rings is 1. The Morgan fingerprint density at radius 2 is 1.87 bits per heavy atom. The molecule has 0 N–H and O–H groups in total. The van der Waals surface area contributed by atoms with Crippen LogP contribution in [0.25, 0.3) is 0 Å². The lowest BCUT2D eigenvalue weighted by Crippen LogP contribution is -2.67. The van der Waals surface area contributed by atoms with E-state index in [0.29, 0.717) is 18.7 Å². The quantitative estimate of drug-likeness (QED) is 0.388. The Bertz CT molecular complexity index is 946. The molecule has 0 spiro atoms. The number of hydroxylamine groups is 2. The second-order valence-electron chi connectivity index (χ2n) is 7.64. The van der Waals surface area contributed by atoms with Gasteiger partial charge in [-0.3, -0.25) is 9.63 Å². The van der Waals surface area contributed by atoms with Gasteiger partial charge in [-0.15, -0.1) is 6.58 Å². The number of benzene rings is 2. The van der Waals surface area contributed by atoms with Gasteiger partial charge < -0.3 is 14.4 Å². The molecule has 0 radical (unpaired) electrons. The molecule has 2 saturated heterocycles. The van der Waals surface area contributed by atoms with Crippen molar-refractivity contribution in [1.29, 1.82) is 0 Å². The van der Waals surface area contributed by atoms with Crippen LogP contribution in [0.2, 0.25) is 0 Å². The molecule has 0 aliphatic carbocycles. The molecule has 0 unspecified atom stereocenters. The first-order chi connectivity index (χ1) is 15.1. The minimum atomic E-state index is -0.711. The molecule has 2 aliphatic heterocycles. The summed E-state index contributed by atoms with van der Waals surface area (Å²) < 4.78 is 10.2. The highest BCUT2D eigenvalue weighted by atomic mass is 16.7. The maximum Gasteiger partial charge on any atom is 0.337 e. The van der Waals surface area contributed by atoms with Crippen molar-refractivity contribution in [1.82, 2.24) is 5.06 Å². The van der Waals surface area contributed by atoms with Crippen LogP contribution in [0.3, 0.4) is 0 Å². The number of amides is 1. The largest absolute Gasteiger partial charge is 0.497 e. The van der Waals surface area contributed by atoms with Gasteiger partial charge in [-0.2, -0.15) is 5.06 Å². The van der Waals surface area contributed by atoms with Gasteiger partial charge in [-0.05, 0) is 29.8 Å². The van der Waals surface area contributed by atoms with Gasteiger partial charge >= 0.3 is 5.97 Å². The Morgan fingerprint density at radius 1 is 1.16 bits per heavy atom. The average molecular weight is 422 g/mol. The van der Waals surface area contributed by atoms with Crippen LogP contribution in [-0.2, 0) is 25.7 Å². The number of hydrogen-bond donors (Lipinski definition) is 0. The average Bonchev–Trinajstić information content (AvgIpc) is 3.21.